The number of ether oxygens (including phenoxy) is 1. The Bertz CT molecular complexity index is 464. The van der Waals surface area contributed by atoms with E-state index in [1.54, 1.807) is 19.2 Å². The van der Waals surface area contributed by atoms with Crippen molar-refractivity contribution in [2.45, 2.75) is 6.54 Å². The van der Waals surface area contributed by atoms with E-state index < -0.39 is 0 Å². The van der Waals surface area contributed by atoms with E-state index in [-0.39, 0.29) is 5.82 Å². The summed E-state index contributed by atoms with van der Waals surface area (Å²) in [7, 11) is 1.67. The predicted octanol–water partition coefficient (Wildman–Crippen LogP) is 2.94. The summed E-state index contributed by atoms with van der Waals surface area (Å²) >= 11 is 0. The van der Waals surface area contributed by atoms with E-state index in [0.29, 0.717) is 12.2 Å². The third-order valence-corrected chi connectivity index (χ3v) is 2.49. The number of aromatic nitrogens is 1. The number of rotatable bonds is 4. The maximum atomic E-state index is 13.5. The SMILES string of the molecule is COCCn1ccc(-c2ccccc2F)c1. The zero-order valence-corrected chi connectivity index (χ0v) is 9.19. The molecular formula is C13H14FNO. The van der Waals surface area contributed by atoms with Crippen LogP contribution in [0.15, 0.2) is 42.7 Å². The Balaban J connectivity index is 2.22. The van der Waals surface area contributed by atoms with Crippen molar-refractivity contribution < 1.29 is 9.13 Å². The van der Waals surface area contributed by atoms with Gasteiger partial charge in [0.25, 0.3) is 0 Å². The lowest BCUT2D eigenvalue weighted by atomic mass is 10.1. The van der Waals surface area contributed by atoms with Gasteiger partial charge >= 0.3 is 0 Å². The van der Waals surface area contributed by atoms with Crippen LogP contribution in [0.5, 0.6) is 0 Å². The minimum absolute atomic E-state index is 0.188. The molecule has 2 aromatic rings. The Hall–Kier alpha value is -1.61. The Kier molecular flexibility index (Phi) is 3.37. The summed E-state index contributed by atoms with van der Waals surface area (Å²) in [5.41, 5.74) is 1.54. The topological polar surface area (TPSA) is 14.2 Å². The first-order valence-corrected chi connectivity index (χ1v) is 5.21. The molecule has 2 rings (SSSR count). The third-order valence-electron chi connectivity index (χ3n) is 2.49. The van der Waals surface area contributed by atoms with E-state index in [1.165, 1.54) is 6.07 Å². The van der Waals surface area contributed by atoms with Gasteiger partial charge in [-0.05, 0) is 12.1 Å². The number of methoxy groups -OCH3 is 1. The van der Waals surface area contributed by atoms with Gasteiger partial charge in [0, 0.05) is 37.2 Å². The maximum absolute atomic E-state index is 13.5. The van der Waals surface area contributed by atoms with Crippen LogP contribution in [0.2, 0.25) is 0 Å². The minimum Gasteiger partial charge on any atom is -0.383 e. The molecule has 0 aliphatic rings. The molecule has 0 N–H and O–H groups in total. The molecule has 0 saturated heterocycles. The predicted molar refractivity (Wildman–Crippen MR) is 61.7 cm³/mol. The zero-order chi connectivity index (χ0) is 11.4. The fourth-order valence-corrected chi connectivity index (χ4v) is 1.63. The van der Waals surface area contributed by atoms with Gasteiger partial charge in [0.1, 0.15) is 5.82 Å². The van der Waals surface area contributed by atoms with Crippen LogP contribution < -0.4 is 0 Å². The van der Waals surface area contributed by atoms with Crippen molar-refractivity contribution in [2.75, 3.05) is 13.7 Å². The number of benzene rings is 1. The minimum atomic E-state index is -0.188. The van der Waals surface area contributed by atoms with Crippen molar-refractivity contribution in [3.63, 3.8) is 0 Å². The van der Waals surface area contributed by atoms with Crippen LogP contribution >= 0.6 is 0 Å². The molecule has 3 heteroatoms. The molecule has 0 unspecified atom stereocenters. The van der Waals surface area contributed by atoms with Gasteiger partial charge < -0.3 is 9.30 Å². The summed E-state index contributed by atoms with van der Waals surface area (Å²) < 4.78 is 20.5. The smallest absolute Gasteiger partial charge is 0.131 e. The molecule has 1 aromatic heterocycles. The Morgan fingerprint density at radius 2 is 2.06 bits per heavy atom. The van der Waals surface area contributed by atoms with Crippen LogP contribution in [0.4, 0.5) is 4.39 Å². The van der Waals surface area contributed by atoms with Crippen molar-refractivity contribution in [1.29, 1.82) is 0 Å². The molecule has 84 valence electrons. The average Bonchev–Trinajstić information content (AvgIpc) is 2.75. The second-order valence-electron chi connectivity index (χ2n) is 3.61. The van der Waals surface area contributed by atoms with Gasteiger partial charge in [0.05, 0.1) is 6.61 Å². The number of hydrogen-bond donors (Lipinski definition) is 0. The maximum Gasteiger partial charge on any atom is 0.131 e. The second-order valence-corrected chi connectivity index (χ2v) is 3.61. The molecule has 1 aromatic carbocycles. The lowest BCUT2D eigenvalue weighted by Crippen LogP contribution is -2.00. The summed E-state index contributed by atoms with van der Waals surface area (Å²) in [5, 5.41) is 0. The number of halogens is 1. The molecule has 2 nitrogen and oxygen atoms in total. The van der Waals surface area contributed by atoms with E-state index in [2.05, 4.69) is 0 Å². The second kappa shape index (κ2) is 4.94. The average molecular weight is 219 g/mol. The van der Waals surface area contributed by atoms with E-state index in [0.717, 1.165) is 12.1 Å². The van der Waals surface area contributed by atoms with Crippen LogP contribution in [-0.2, 0) is 11.3 Å². The van der Waals surface area contributed by atoms with E-state index in [1.807, 2.05) is 29.1 Å². The Labute approximate surface area is 94.3 Å². The highest BCUT2D eigenvalue weighted by atomic mass is 19.1. The molecule has 0 bridgehead atoms. The fraction of sp³-hybridized carbons (Fsp3) is 0.231. The largest absolute Gasteiger partial charge is 0.383 e. The molecule has 0 radical (unpaired) electrons. The van der Waals surface area contributed by atoms with Crippen molar-refractivity contribution in [3.8, 4) is 11.1 Å². The molecule has 0 aliphatic carbocycles. The standard InChI is InChI=1S/C13H14FNO/c1-16-9-8-15-7-6-11(10-15)12-4-2-3-5-13(12)14/h2-7,10H,8-9H2,1H3. The van der Waals surface area contributed by atoms with E-state index in [4.69, 9.17) is 4.74 Å². The van der Waals surface area contributed by atoms with Gasteiger partial charge in [-0.2, -0.15) is 0 Å². The number of nitrogens with zero attached hydrogens (tertiary/aromatic N) is 1. The molecular weight excluding hydrogens is 205 g/mol. The van der Waals surface area contributed by atoms with Crippen LogP contribution in [0, 0.1) is 5.82 Å². The molecule has 16 heavy (non-hydrogen) atoms. The first kappa shape index (κ1) is 10.9. The highest BCUT2D eigenvalue weighted by Gasteiger charge is 2.04. The van der Waals surface area contributed by atoms with Crippen LogP contribution in [0.1, 0.15) is 0 Å². The van der Waals surface area contributed by atoms with E-state index >= 15 is 0 Å². The van der Waals surface area contributed by atoms with Crippen molar-refractivity contribution in [3.05, 3.63) is 48.5 Å². The van der Waals surface area contributed by atoms with Crippen LogP contribution in [0.3, 0.4) is 0 Å². The van der Waals surface area contributed by atoms with Gasteiger partial charge in [-0.3, -0.25) is 0 Å². The fourth-order valence-electron chi connectivity index (χ4n) is 1.63. The van der Waals surface area contributed by atoms with Crippen LogP contribution in [-0.4, -0.2) is 18.3 Å². The van der Waals surface area contributed by atoms with Gasteiger partial charge in [-0.1, -0.05) is 18.2 Å². The summed E-state index contributed by atoms with van der Waals surface area (Å²) in [6, 6.07) is 8.70. The summed E-state index contributed by atoms with van der Waals surface area (Å²) in [6.45, 7) is 1.44. The van der Waals surface area contributed by atoms with Crippen LogP contribution in [0.25, 0.3) is 11.1 Å². The summed E-state index contributed by atoms with van der Waals surface area (Å²) in [5.74, 6) is -0.188. The Morgan fingerprint density at radius 1 is 1.25 bits per heavy atom. The molecule has 0 atom stereocenters. The van der Waals surface area contributed by atoms with Crippen molar-refractivity contribution in [2.24, 2.45) is 0 Å². The summed E-state index contributed by atoms with van der Waals surface area (Å²) in [4.78, 5) is 0. The molecule has 0 spiro atoms. The monoisotopic (exact) mass is 219 g/mol. The van der Waals surface area contributed by atoms with Crippen molar-refractivity contribution >= 4 is 0 Å². The highest BCUT2D eigenvalue weighted by Crippen LogP contribution is 2.22. The normalized spacial score (nSPS) is 10.6. The quantitative estimate of drug-likeness (QED) is 0.771. The molecule has 1 heterocycles. The molecule has 0 aliphatic heterocycles. The van der Waals surface area contributed by atoms with Gasteiger partial charge in [0.2, 0.25) is 0 Å². The number of hydrogen-bond acceptors (Lipinski definition) is 1. The van der Waals surface area contributed by atoms with Gasteiger partial charge in [-0.15, -0.1) is 0 Å². The third kappa shape index (κ3) is 2.31. The van der Waals surface area contributed by atoms with Gasteiger partial charge in [-0.25, -0.2) is 4.39 Å². The Morgan fingerprint density at radius 3 is 2.81 bits per heavy atom. The first-order valence-electron chi connectivity index (χ1n) is 5.21. The van der Waals surface area contributed by atoms with Gasteiger partial charge in [0.15, 0.2) is 0 Å². The molecule has 0 saturated carbocycles. The lowest BCUT2D eigenvalue weighted by molar-refractivity contribution is 0.187. The molecule has 0 amide bonds. The van der Waals surface area contributed by atoms with Crippen molar-refractivity contribution in [1.82, 2.24) is 4.57 Å². The lowest BCUT2D eigenvalue weighted by Gasteiger charge is -2.01. The summed E-state index contributed by atoms with van der Waals surface area (Å²) in [6.07, 6.45) is 3.86. The zero-order valence-electron chi connectivity index (χ0n) is 9.19. The molecule has 0 fully saturated rings. The van der Waals surface area contributed by atoms with E-state index in [9.17, 15) is 4.39 Å². The highest BCUT2D eigenvalue weighted by molar-refractivity contribution is 5.63. The first-order chi connectivity index (χ1) is 7.81.